The Hall–Kier alpha value is -1.55. The molecule has 0 fully saturated rings. The number of halogens is 3. The fourth-order valence-corrected chi connectivity index (χ4v) is 2.52. The molecule has 1 atom stereocenters. The molecule has 1 unspecified atom stereocenters. The monoisotopic (exact) mass is 309 g/mol. The minimum atomic E-state index is -0.739. The summed E-state index contributed by atoms with van der Waals surface area (Å²) in [7, 11) is 0. The van der Waals surface area contributed by atoms with Crippen LogP contribution in [0.15, 0.2) is 46.9 Å². The minimum absolute atomic E-state index is 0.0343. The van der Waals surface area contributed by atoms with Gasteiger partial charge in [0.1, 0.15) is 11.6 Å². The van der Waals surface area contributed by atoms with E-state index in [0.29, 0.717) is 16.4 Å². The van der Waals surface area contributed by atoms with Crippen molar-refractivity contribution in [3.63, 3.8) is 0 Å². The third-order valence-corrected chi connectivity index (χ3v) is 3.73. The zero-order chi connectivity index (χ0) is 14.3. The molecule has 3 rings (SSSR count). The van der Waals surface area contributed by atoms with Crippen LogP contribution in [0.5, 0.6) is 0 Å². The number of furan rings is 1. The lowest BCUT2D eigenvalue weighted by molar-refractivity contribution is 0.510. The van der Waals surface area contributed by atoms with Crippen molar-refractivity contribution in [2.75, 3.05) is 0 Å². The van der Waals surface area contributed by atoms with Gasteiger partial charge in [-0.3, -0.25) is 0 Å². The molecule has 2 nitrogen and oxygen atoms in total. The highest BCUT2D eigenvalue weighted by Crippen LogP contribution is 2.32. The van der Waals surface area contributed by atoms with Gasteiger partial charge < -0.3 is 10.2 Å². The van der Waals surface area contributed by atoms with Crippen LogP contribution in [0, 0.1) is 5.82 Å². The van der Waals surface area contributed by atoms with Crippen LogP contribution in [0.25, 0.3) is 11.0 Å². The van der Waals surface area contributed by atoms with Crippen LogP contribution in [0.3, 0.4) is 0 Å². The zero-order valence-corrected chi connectivity index (χ0v) is 11.8. The molecular formula is C15H10Cl2FNO. The van der Waals surface area contributed by atoms with E-state index in [1.54, 1.807) is 24.3 Å². The van der Waals surface area contributed by atoms with E-state index in [1.807, 2.05) is 12.1 Å². The summed E-state index contributed by atoms with van der Waals surface area (Å²) in [5, 5.41) is 1.35. The van der Waals surface area contributed by atoms with Gasteiger partial charge in [0.05, 0.1) is 16.1 Å². The standard InChI is InChI=1S/C15H10Cl2FNO/c16-10-5-2-4-9(13(10)18)14(19)12-7-8-3-1-6-11(17)15(8)20-12/h1-7,14H,19H2. The third kappa shape index (κ3) is 2.18. The summed E-state index contributed by atoms with van der Waals surface area (Å²) in [4.78, 5) is 0. The van der Waals surface area contributed by atoms with Crippen molar-refractivity contribution in [1.82, 2.24) is 0 Å². The van der Waals surface area contributed by atoms with Gasteiger partial charge in [0.25, 0.3) is 0 Å². The van der Waals surface area contributed by atoms with Crippen molar-refractivity contribution < 1.29 is 8.81 Å². The zero-order valence-electron chi connectivity index (χ0n) is 10.2. The molecule has 5 heteroatoms. The van der Waals surface area contributed by atoms with Gasteiger partial charge in [-0.1, -0.05) is 47.5 Å². The average molecular weight is 310 g/mol. The van der Waals surface area contributed by atoms with Crippen molar-refractivity contribution in [2.45, 2.75) is 6.04 Å². The maximum atomic E-state index is 14.0. The van der Waals surface area contributed by atoms with E-state index in [9.17, 15) is 4.39 Å². The topological polar surface area (TPSA) is 39.2 Å². The lowest BCUT2D eigenvalue weighted by Gasteiger charge is -2.10. The molecule has 0 aliphatic rings. The molecule has 0 spiro atoms. The smallest absolute Gasteiger partial charge is 0.152 e. The van der Waals surface area contributed by atoms with E-state index >= 15 is 0 Å². The van der Waals surface area contributed by atoms with Crippen molar-refractivity contribution in [1.29, 1.82) is 0 Å². The molecule has 2 N–H and O–H groups in total. The molecule has 0 radical (unpaired) electrons. The van der Waals surface area contributed by atoms with E-state index in [-0.39, 0.29) is 10.6 Å². The van der Waals surface area contributed by atoms with Crippen molar-refractivity contribution in [2.24, 2.45) is 5.73 Å². The molecule has 2 aromatic carbocycles. The van der Waals surface area contributed by atoms with E-state index in [4.69, 9.17) is 33.4 Å². The Balaban J connectivity index is 2.10. The van der Waals surface area contributed by atoms with E-state index < -0.39 is 11.9 Å². The number of hydrogen-bond acceptors (Lipinski definition) is 2. The molecule has 1 aromatic heterocycles. The summed E-state index contributed by atoms with van der Waals surface area (Å²) in [5.41, 5.74) is 6.89. The number of fused-ring (bicyclic) bond motifs is 1. The SMILES string of the molecule is NC(c1cc2cccc(Cl)c2o1)c1cccc(Cl)c1F. The van der Waals surface area contributed by atoms with E-state index in [1.165, 1.54) is 6.07 Å². The van der Waals surface area contributed by atoms with Crippen molar-refractivity contribution in [3.8, 4) is 0 Å². The van der Waals surface area contributed by atoms with Crippen molar-refractivity contribution >= 4 is 34.2 Å². The highest BCUT2D eigenvalue weighted by molar-refractivity contribution is 6.34. The van der Waals surface area contributed by atoms with Crippen LogP contribution in [0.4, 0.5) is 4.39 Å². The molecule has 0 aliphatic heterocycles. The molecule has 0 amide bonds. The second-order valence-corrected chi connectivity index (χ2v) is 5.24. The summed E-state index contributed by atoms with van der Waals surface area (Å²) in [5.74, 6) is -0.0949. The van der Waals surface area contributed by atoms with Gasteiger partial charge in [0.15, 0.2) is 5.58 Å². The maximum absolute atomic E-state index is 14.0. The minimum Gasteiger partial charge on any atom is -0.457 e. The van der Waals surface area contributed by atoms with Crippen LogP contribution in [0.1, 0.15) is 17.4 Å². The predicted octanol–water partition coefficient (Wildman–Crippen LogP) is 4.93. The lowest BCUT2D eigenvalue weighted by Crippen LogP contribution is -2.12. The molecule has 3 aromatic rings. The number of benzene rings is 2. The van der Waals surface area contributed by atoms with Gasteiger partial charge in [-0.2, -0.15) is 0 Å². The van der Waals surface area contributed by atoms with Crippen LogP contribution >= 0.6 is 23.2 Å². The fourth-order valence-electron chi connectivity index (χ4n) is 2.11. The van der Waals surface area contributed by atoms with Gasteiger partial charge in [-0.15, -0.1) is 0 Å². The maximum Gasteiger partial charge on any atom is 0.152 e. The summed E-state index contributed by atoms with van der Waals surface area (Å²) in [6.45, 7) is 0. The Kier molecular flexibility index (Phi) is 3.42. The average Bonchev–Trinajstić information content (AvgIpc) is 2.87. The fraction of sp³-hybridized carbons (Fsp3) is 0.0667. The highest BCUT2D eigenvalue weighted by Gasteiger charge is 2.19. The summed E-state index contributed by atoms with van der Waals surface area (Å²) in [6, 6.07) is 11.1. The van der Waals surface area contributed by atoms with Crippen LogP contribution in [-0.2, 0) is 0 Å². The highest BCUT2D eigenvalue weighted by atomic mass is 35.5. The van der Waals surface area contributed by atoms with Gasteiger partial charge in [-0.25, -0.2) is 4.39 Å². The van der Waals surface area contributed by atoms with Gasteiger partial charge in [-0.05, 0) is 18.2 Å². The number of hydrogen-bond donors (Lipinski definition) is 1. The van der Waals surface area contributed by atoms with Crippen molar-refractivity contribution in [3.05, 3.63) is 69.7 Å². The van der Waals surface area contributed by atoms with Gasteiger partial charge in [0.2, 0.25) is 0 Å². The predicted molar refractivity (Wildman–Crippen MR) is 78.7 cm³/mol. The first-order valence-electron chi connectivity index (χ1n) is 5.95. The quantitative estimate of drug-likeness (QED) is 0.729. The molecule has 0 saturated heterocycles. The number of para-hydroxylation sites is 1. The van der Waals surface area contributed by atoms with E-state index in [0.717, 1.165) is 5.39 Å². The second-order valence-electron chi connectivity index (χ2n) is 4.43. The first-order valence-corrected chi connectivity index (χ1v) is 6.71. The first kappa shape index (κ1) is 13.4. The summed E-state index contributed by atoms with van der Waals surface area (Å²) >= 11 is 11.8. The van der Waals surface area contributed by atoms with Crippen LogP contribution < -0.4 is 5.73 Å². The molecule has 0 saturated carbocycles. The Morgan fingerprint density at radius 2 is 1.75 bits per heavy atom. The molecular weight excluding hydrogens is 300 g/mol. The largest absolute Gasteiger partial charge is 0.457 e. The van der Waals surface area contributed by atoms with Gasteiger partial charge >= 0.3 is 0 Å². The molecule has 0 aliphatic carbocycles. The second kappa shape index (κ2) is 5.09. The number of rotatable bonds is 2. The van der Waals surface area contributed by atoms with Gasteiger partial charge in [0, 0.05) is 10.9 Å². The molecule has 1 heterocycles. The summed E-state index contributed by atoms with van der Waals surface area (Å²) < 4.78 is 19.6. The first-order chi connectivity index (χ1) is 9.58. The Labute approximate surface area is 124 Å². The Bertz CT molecular complexity index is 785. The van der Waals surface area contributed by atoms with Crippen LogP contribution in [-0.4, -0.2) is 0 Å². The molecule has 20 heavy (non-hydrogen) atoms. The Morgan fingerprint density at radius 3 is 2.50 bits per heavy atom. The van der Waals surface area contributed by atoms with E-state index in [2.05, 4.69) is 0 Å². The third-order valence-electron chi connectivity index (χ3n) is 3.14. The molecule has 0 bridgehead atoms. The summed E-state index contributed by atoms with van der Waals surface area (Å²) in [6.07, 6.45) is 0. The lowest BCUT2D eigenvalue weighted by atomic mass is 10.0. The van der Waals surface area contributed by atoms with Crippen LogP contribution in [0.2, 0.25) is 10.0 Å². The Morgan fingerprint density at radius 1 is 1.05 bits per heavy atom. The number of nitrogens with two attached hydrogens (primary N) is 1. The molecule has 102 valence electrons. The normalized spacial score (nSPS) is 12.8.